The van der Waals surface area contributed by atoms with Gasteiger partial charge in [0.25, 0.3) is 5.91 Å². The molecule has 0 spiro atoms. The Hall–Kier alpha value is -3.02. The summed E-state index contributed by atoms with van der Waals surface area (Å²) in [6, 6.07) is 14.0. The van der Waals surface area contributed by atoms with Crippen molar-refractivity contribution in [2.24, 2.45) is 0 Å². The monoisotopic (exact) mass is 382 g/mol. The zero-order valence-electron chi connectivity index (χ0n) is 16.6. The van der Waals surface area contributed by atoms with E-state index in [9.17, 15) is 9.59 Å². The number of hydrogen-bond acceptors (Lipinski definition) is 4. The van der Waals surface area contributed by atoms with E-state index in [2.05, 4.69) is 0 Å². The van der Waals surface area contributed by atoms with Crippen molar-refractivity contribution in [3.8, 4) is 11.5 Å². The van der Waals surface area contributed by atoms with Crippen molar-refractivity contribution >= 4 is 17.5 Å². The van der Waals surface area contributed by atoms with Crippen LogP contribution in [0.5, 0.6) is 11.5 Å². The number of carbonyl (C=O) groups is 2. The zero-order valence-corrected chi connectivity index (χ0v) is 16.6. The summed E-state index contributed by atoms with van der Waals surface area (Å²) in [5, 5.41) is 0. The molecule has 1 fully saturated rings. The molecule has 6 heteroatoms. The van der Waals surface area contributed by atoms with Crippen LogP contribution in [-0.4, -0.2) is 49.6 Å². The van der Waals surface area contributed by atoms with E-state index in [-0.39, 0.29) is 11.8 Å². The van der Waals surface area contributed by atoms with Gasteiger partial charge in [0.15, 0.2) is 0 Å². The fourth-order valence-electron chi connectivity index (χ4n) is 3.30. The SMILES string of the molecule is CCCOc1ccccc1C(=O)N1CCN(c2ccc(OC)cc2)C(=O)[C@@H]1C. The van der Waals surface area contributed by atoms with E-state index in [0.717, 1.165) is 17.9 Å². The molecule has 2 aromatic carbocycles. The van der Waals surface area contributed by atoms with Crippen molar-refractivity contribution < 1.29 is 19.1 Å². The fraction of sp³-hybridized carbons (Fsp3) is 0.364. The number of benzene rings is 2. The van der Waals surface area contributed by atoms with E-state index in [0.29, 0.717) is 31.0 Å². The number of carbonyl (C=O) groups excluding carboxylic acids is 2. The molecule has 1 saturated heterocycles. The lowest BCUT2D eigenvalue weighted by molar-refractivity contribution is -0.124. The fourth-order valence-corrected chi connectivity index (χ4v) is 3.30. The van der Waals surface area contributed by atoms with Gasteiger partial charge in [-0.3, -0.25) is 9.59 Å². The van der Waals surface area contributed by atoms with Crippen LogP contribution in [-0.2, 0) is 4.79 Å². The van der Waals surface area contributed by atoms with E-state index < -0.39 is 6.04 Å². The van der Waals surface area contributed by atoms with Crippen LogP contribution in [0.3, 0.4) is 0 Å². The summed E-state index contributed by atoms with van der Waals surface area (Å²) in [5.41, 5.74) is 1.30. The molecule has 0 aromatic heterocycles. The first-order valence-corrected chi connectivity index (χ1v) is 9.55. The molecular formula is C22H26N2O4. The molecule has 0 radical (unpaired) electrons. The van der Waals surface area contributed by atoms with Crippen LogP contribution in [0.1, 0.15) is 30.6 Å². The van der Waals surface area contributed by atoms with Gasteiger partial charge in [-0.2, -0.15) is 0 Å². The molecule has 6 nitrogen and oxygen atoms in total. The van der Waals surface area contributed by atoms with Gasteiger partial charge in [-0.25, -0.2) is 0 Å². The lowest BCUT2D eigenvalue weighted by Crippen LogP contribution is -2.57. The van der Waals surface area contributed by atoms with Crippen molar-refractivity contribution in [1.82, 2.24) is 4.90 Å². The molecule has 3 rings (SSSR count). The van der Waals surface area contributed by atoms with Crippen LogP contribution in [0.15, 0.2) is 48.5 Å². The van der Waals surface area contributed by atoms with Gasteiger partial charge in [-0.15, -0.1) is 0 Å². The predicted molar refractivity (Wildman–Crippen MR) is 108 cm³/mol. The van der Waals surface area contributed by atoms with Crippen LogP contribution in [0.2, 0.25) is 0 Å². The van der Waals surface area contributed by atoms with Crippen LogP contribution < -0.4 is 14.4 Å². The second-order valence-electron chi connectivity index (χ2n) is 6.71. The minimum absolute atomic E-state index is 0.100. The van der Waals surface area contributed by atoms with E-state index >= 15 is 0 Å². The Kier molecular flexibility index (Phi) is 6.19. The molecule has 0 saturated carbocycles. The third-order valence-electron chi connectivity index (χ3n) is 4.88. The molecule has 0 aliphatic carbocycles. The third-order valence-corrected chi connectivity index (χ3v) is 4.88. The quantitative estimate of drug-likeness (QED) is 0.769. The number of anilines is 1. The molecule has 2 aromatic rings. The van der Waals surface area contributed by atoms with Gasteiger partial charge in [0.2, 0.25) is 5.91 Å². The summed E-state index contributed by atoms with van der Waals surface area (Å²) in [6.07, 6.45) is 0.859. The van der Waals surface area contributed by atoms with Gasteiger partial charge >= 0.3 is 0 Å². The molecule has 2 amide bonds. The summed E-state index contributed by atoms with van der Waals surface area (Å²) in [6.45, 7) is 5.23. The summed E-state index contributed by atoms with van der Waals surface area (Å²) in [4.78, 5) is 29.4. The van der Waals surface area contributed by atoms with Crippen molar-refractivity contribution in [3.05, 3.63) is 54.1 Å². The number of ether oxygens (including phenoxy) is 2. The van der Waals surface area contributed by atoms with Gasteiger partial charge in [-0.05, 0) is 49.7 Å². The Morgan fingerprint density at radius 3 is 2.50 bits per heavy atom. The summed E-state index contributed by atoms with van der Waals surface area (Å²) >= 11 is 0. The first-order valence-electron chi connectivity index (χ1n) is 9.55. The second kappa shape index (κ2) is 8.78. The molecular weight excluding hydrogens is 356 g/mol. The minimum Gasteiger partial charge on any atom is -0.497 e. The maximum atomic E-state index is 13.1. The van der Waals surface area contributed by atoms with Crippen LogP contribution in [0.25, 0.3) is 0 Å². The number of rotatable bonds is 6. The van der Waals surface area contributed by atoms with Gasteiger partial charge in [-0.1, -0.05) is 19.1 Å². The molecule has 148 valence electrons. The molecule has 1 aliphatic heterocycles. The van der Waals surface area contributed by atoms with Gasteiger partial charge in [0.05, 0.1) is 19.3 Å². The Morgan fingerprint density at radius 2 is 1.82 bits per heavy atom. The Bertz CT molecular complexity index is 835. The van der Waals surface area contributed by atoms with E-state index in [1.165, 1.54) is 0 Å². The number of methoxy groups -OCH3 is 1. The molecule has 0 bridgehead atoms. The van der Waals surface area contributed by atoms with E-state index in [1.807, 2.05) is 43.3 Å². The third kappa shape index (κ3) is 3.96. The highest BCUT2D eigenvalue weighted by Gasteiger charge is 2.36. The number of hydrogen-bond donors (Lipinski definition) is 0. The second-order valence-corrected chi connectivity index (χ2v) is 6.71. The normalized spacial score (nSPS) is 16.8. The maximum Gasteiger partial charge on any atom is 0.258 e. The van der Waals surface area contributed by atoms with Crippen LogP contribution in [0, 0.1) is 0 Å². The highest BCUT2D eigenvalue weighted by Crippen LogP contribution is 2.26. The smallest absolute Gasteiger partial charge is 0.258 e. The first-order chi connectivity index (χ1) is 13.6. The topological polar surface area (TPSA) is 59.1 Å². The highest BCUT2D eigenvalue weighted by molar-refractivity contribution is 6.04. The maximum absolute atomic E-state index is 13.1. The molecule has 0 N–H and O–H groups in total. The summed E-state index contributed by atoms with van der Waals surface area (Å²) in [5.74, 6) is 1.02. The van der Waals surface area contributed by atoms with Gasteiger partial charge in [0, 0.05) is 18.8 Å². The number of amides is 2. The standard InChI is InChI=1S/C22H26N2O4/c1-4-15-28-20-8-6-5-7-19(20)22(26)23-13-14-24(21(25)16(23)2)17-9-11-18(27-3)12-10-17/h5-12,16H,4,13-15H2,1-3H3/t16-/m0/s1. The average molecular weight is 382 g/mol. The molecule has 0 unspecified atom stereocenters. The van der Waals surface area contributed by atoms with Crippen LogP contribution in [0.4, 0.5) is 5.69 Å². The lowest BCUT2D eigenvalue weighted by Gasteiger charge is -2.39. The molecule has 1 heterocycles. The van der Waals surface area contributed by atoms with Crippen molar-refractivity contribution in [2.45, 2.75) is 26.3 Å². The Morgan fingerprint density at radius 1 is 1.11 bits per heavy atom. The minimum atomic E-state index is -0.553. The van der Waals surface area contributed by atoms with E-state index in [4.69, 9.17) is 9.47 Å². The molecule has 28 heavy (non-hydrogen) atoms. The van der Waals surface area contributed by atoms with Crippen molar-refractivity contribution in [2.75, 3.05) is 31.7 Å². The summed E-state index contributed by atoms with van der Waals surface area (Å²) < 4.78 is 10.9. The Labute approximate surface area is 165 Å². The van der Waals surface area contributed by atoms with Crippen molar-refractivity contribution in [3.63, 3.8) is 0 Å². The summed E-state index contributed by atoms with van der Waals surface area (Å²) in [7, 11) is 1.61. The van der Waals surface area contributed by atoms with Crippen LogP contribution >= 0.6 is 0 Å². The zero-order chi connectivity index (χ0) is 20.1. The highest BCUT2D eigenvalue weighted by atomic mass is 16.5. The first kappa shape index (κ1) is 19.7. The average Bonchev–Trinajstić information content (AvgIpc) is 2.74. The van der Waals surface area contributed by atoms with E-state index in [1.54, 1.807) is 36.0 Å². The number of nitrogens with zero attached hydrogens (tertiary/aromatic N) is 2. The number of para-hydroxylation sites is 1. The largest absolute Gasteiger partial charge is 0.497 e. The van der Waals surface area contributed by atoms with Crippen molar-refractivity contribution in [1.29, 1.82) is 0 Å². The van der Waals surface area contributed by atoms with Gasteiger partial charge in [0.1, 0.15) is 17.5 Å². The number of piperazine rings is 1. The molecule has 1 atom stereocenters. The lowest BCUT2D eigenvalue weighted by atomic mass is 10.1. The molecule has 1 aliphatic rings. The predicted octanol–water partition coefficient (Wildman–Crippen LogP) is 3.36. The van der Waals surface area contributed by atoms with Gasteiger partial charge < -0.3 is 19.3 Å². The Balaban J connectivity index is 1.77.